The predicted molar refractivity (Wildman–Crippen MR) is 57.8 cm³/mol. The van der Waals surface area contributed by atoms with E-state index in [1.54, 1.807) is 0 Å². The van der Waals surface area contributed by atoms with Gasteiger partial charge in [0.15, 0.2) is 0 Å². The van der Waals surface area contributed by atoms with Gasteiger partial charge >= 0.3 is 11.9 Å². The summed E-state index contributed by atoms with van der Waals surface area (Å²) < 4.78 is 0. The number of hydrogen-bond acceptors (Lipinski definition) is 5. The van der Waals surface area contributed by atoms with E-state index in [1.807, 2.05) is 13.8 Å². The maximum Gasteiger partial charge on any atom is 0.322 e. The Morgan fingerprint density at radius 2 is 1.62 bits per heavy atom. The van der Waals surface area contributed by atoms with E-state index >= 15 is 0 Å². The fourth-order valence-electron chi connectivity index (χ4n) is 0.575. The average Bonchev–Trinajstić information content (AvgIpc) is 2.26. The molecular formula is C9H20N2O5. The van der Waals surface area contributed by atoms with Gasteiger partial charge in [-0.25, -0.2) is 0 Å². The monoisotopic (exact) mass is 236 g/mol. The first kappa shape index (κ1) is 17.2. The Bertz CT molecular complexity index is 222. The Labute approximate surface area is 94.1 Å². The topological polar surface area (TPSA) is 147 Å². The number of hydrogen-bond donors (Lipinski definition) is 5. The van der Waals surface area contributed by atoms with Crippen LogP contribution in [0.2, 0.25) is 0 Å². The third kappa shape index (κ3) is 8.16. The molecule has 0 saturated heterocycles. The molecule has 16 heavy (non-hydrogen) atoms. The van der Waals surface area contributed by atoms with Gasteiger partial charge in [-0.15, -0.1) is 0 Å². The van der Waals surface area contributed by atoms with E-state index in [0.717, 1.165) is 6.42 Å². The van der Waals surface area contributed by atoms with Crippen LogP contribution in [-0.2, 0) is 9.59 Å². The number of aliphatic carboxylic acids is 2. The van der Waals surface area contributed by atoms with Gasteiger partial charge in [0.05, 0.1) is 6.61 Å². The minimum atomic E-state index is -1.18. The van der Waals surface area contributed by atoms with Crippen molar-refractivity contribution in [2.75, 3.05) is 6.61 Å². The maximum absolute atomic E-state index is 10.2. The summed E-state index contributed by atoms with van der Waals surface area (Å²) in [5.41, 5.74) is 10.0. The zero-order valence-electron chi connectivity index (χ0n) is 9.46. The largest absolute Gasteiger partial charge is 0.480 e. The molecule has 0 aliphatic carbocycles. The molecule has 0 aliphatic rings. The SMILES string of the molecule is CCC(C)C(N)C(=O)O.NC(CO)C(=O)O. The van der Waals surface area contributed by atoms with Crippen LogP contribution >= 0.6 is 0 Å². The summed E-state index contributed by atoms with van der Waals surface area (Å²) in [6.07, 6.45) is 0.813. The highest BCUT2D eigenvalue weighted by molar-refractivity contribution is 5.73. The first-order valence-electron chi connectivity index (χ1n) is 4.85. The van der Waals surface area contributed by atoms with E-state index in [4.69, 9.17) is 26.8 Å². The van der Waals surface area contributed by atoms with Crippen molar-refractivity contribution in [2.24, 2.45) is 17.4 Å². The van der Waals surface area contributed by atoms with Crippen LogP contribution < -0.4 is 11.5 Å². The highest BCUT2D eigenvalue weighted by Crippen LogP contribution is 2.04. The smallest absolute Gasteiger partial charge is 0.322 e. The molecule has 0 radical (unpaired) electrons. The second-order valence-electron chi connectivity index (χ2n) is 3.38. The molecule has 7 heteroatoms. The van der Waals surface area contributed by atoms with Crippen molar-refractivity contribution in [2.45, 2.75) is 32.4 Å². The lowest BCUT2D eigenvalue weighted by molar-refractivity contribution is -0.140. The Morgan fingerprint density at radius 3 is 1.69 bits per heavy atom. The lowest BCUT2D eigenvalue weighted by Gasteiger charge is -2.11. The van der Waals surface area contributed by atoms with Gasteiger partial charge in [0, 0.05) is 0 Å². The number of rotatable bonds is 5. The van der Waals surface area contributed by atoms with Gasteiger partial charge in [0.25, 0.3) is 0 Å². The fourth-order valence-corrected chi connectivity index (χ4v) is 0.575. The van der Waals surface area contributed by atoms with Crippen molar-refractivity contribution in [3.8, 4) is 0 Å². The van der Waals surface area contributed by atoms with Crippen molar-refractivity contribution in [1.29, 1.82) is 0 Å². The molecule has 0 bridgehead atoms. The molecule has 0 rings (SSSR count). The summed E-state index contributed by atoms with van der Waals surface area (Å²) in [5.74, 6) is -2.02. The fraction of sp³-hybridized carbons (Fsp3) is 0.778. The zero-order chi connectivity index (χ0) is 13.3. The lowest BCUT2D eigenvalue weighted by atomic mass is 10.0. The molecule has 7 N–H and O–H groups in total. The molecule has 0 aromatic heterocycles. The molecular weight excluding hydrogens is 216 g/mol. The van der Waals surface area contributed by atoms with E-state index in [-0.39, 0.29) is 5.92 Å². The van der Waals surface area contributed by atoms with Gasteiger partial charge in [-0.1, -0.05) is 20.3 Å². The minimum absolute atomic E-state index is 0.0718. The van der Waals surface area contributed by atoms with E-state index in [9.17, 15) is 9.59 Å². The minimum Gasteiger partial charge on any atom is -0.480 e. The summed E-state index contributed by atoms with van der Waals surface area (Å²) in [5, 5.41) is 24.3. The molecule has 3 unspecified atom stereocenters. The van der Waals surface area contributed by atoms with Crippen LogP contribution in [0.25, 0.3) is 0 Å². The van der Waals surface area contributed by atoms with Crippen LogP contribution in [0, 0.1) is 5.92 Å². The molecule has 7 nitrogen and oxygen atoms in total. The van der Waals surface area contributed by atoms with Crippen LogP contribution in [-0.4, -0.2) is 45.9 Å². The predicted octanol–water partition coefficient (Wildman–Crippen LogP) is -1.16. The quantitative estimate of drug-likeness (QED) is 0.404. The van der Waals surface area contributed by atoms with Crippen molar-refractivity contribution < 1.29 is 24.9 Å². The summed E-state index contributed by atoms with van der Waals surface area (Å²) in [7, 11) is 0. The second kappa shape index (κ2) is 9.08. The second-order valence-corrected chi connectivity index (χ2v) is 3.38. The highest BCUT2D eigenvalue weighted by Gasteiger charge is 2.17. The van der Waals surface area contributed by atoms with Crippen LogP contribution in [0.3, 0.4) is 0 Å². The van der Waals surface area contributed by atoms with Crippen LogP contribution in [0.5, 0.6) is 0 Å². The Balaban J connectivity index is 0. The molecule has 0 aliphatic heterocycles. The van der Waals surface area contributed by atoms with Crippen molar-refractivity contribution in [3.05, 3.63) is 0 Å². The van der Waals surface area contributed by atoms with E-state index in [1.165, 1.54) is 0 Å². The summed E-state index contributed by atoms with van der Waals surface area (Å²) in [6.45, 7) is 3.25. The molecule has 3 atom stereocenters. The molecule has 0 fully saturated rings. The van der Waals surface area contributed by atoms with Crippen LogP contribution in [0.1, 0.15) is 20.3 Å². The highest BCUT2D eigenvalue weighted by atomic mass is 16.4. The van der Waals surface area contributed by atoms with Gasteiger partial charge in [0.2, 0.25) is 0 Å². The van der Waals surface area contributed by atoms with Crippen LogP contribution in [0.4, 0.5) is 0 Å². The maximum atomic E-state index is 10.2. The van der Waals surface area contributed by atoms with E-state index in [0.29, 0.717) is 0 Å². The number of aliphatic hydroxyl groups excluding tert-OH is 1. The summed E-state index contributed by atoms with van der Waals surface area (Å²) in [6, 6.07) is -1.82. The number of aliphatic hydroxyl groups is 1. The van der Waals surface area contributed by atoms with E-state index < -0.39 is 30.6 Å². The summed E-state index contributed by atoms with van der Waals surface area (Å²) in [4.78, 5) is 19.8. The Morgan fingerprint density at radius 1 is 1.19 bits per heavy atom. The Kier molecular flexibility index (Phi) is 9.77. The van der Waals surface area contributed by atoms with Crippen molar-refractivity contribution in [3.63, 3.8) is 0 Å². The first-order valence-corrected chi connectivity index (χ1v) is 4.85. The van der Waals surface area contributed by atoms with Gasteiger partial charge in [-0.2, -0.15) is 0 Å². The Hall–Kier alpha value is -1.18. The van der Waals surface area contributed by atoms with Gasteiger partial charge in [0.1, 0.15) is 12.1 Å². The average molecular weight is 236 g/mol. The third-order valence-electron chi connectivity index (χ3n) is 2.06. The van der Waals surface area contributed by atoms with Gasteiger partial charge in [-0.05, 0) is 5.92 Å². The first-order chi connectivity index (χ1) is 7.27. The molecule has 0 amide bonds. The number of carboxylic acids is 2. The number of carbonyl (C=O) groups is 2. The standard InChI is InChI=1S/C6H13NO2.C3H7NO3/c1-3-4(2)5(7)6(8)9;4-2(1-5)3(6)7/h4-5H,3,7H2,1-2H3,(H,8,9);2,5H,1,4H2,(H,6,7). The molecule has 0 saturated carbocycles. The van der Waals surface area contributed by atoms with Gasteiger partial charge < -0.3 is 26.8 Å². The molecule has 0 aromatic rings. The molecule has 0 spiro atoms. The van der Waals surface area contributed by atoms with Crippen molar-refractivity contribution in [1.82, 2.24) is 0 Å². The number of nitrogens with two attached hydrogens (primary N) is 2. The molecule has 0 heterocycles. The van der Waals surface area contributed by atoms with Gasteiger partial charge in [-0.3, -0.25) is 9.59 Å². The zero-order valence-corrected chi connectivity index (χ0v) is 9.46. The third-order valence-corrected chi connectivity index (χ3v) is 2.06. The number of carboxylic acid groups (broad SMARTS) is 2. The van der Waals surface area contributed by atoms with Crippen molar-refractivity contribution >= 4 is 11.9 Å². The summed E-state index contributed by atoms with van der Waals surface area (Å²) >= 11 is 0. The van der Waals surface area contributed by atoms with E-state index in [2.05, 4.69) is 0 Å². The lowest BCUT2D eigenvalue weighted by Crippen LogP contribution is -2.36. The normalized spacial score (nSPS) is 15.3. The molecule has 0 aromatic carbocycles. The van der Waals surface area contributed by atoms with Crippen LogP contribution in [0.15, 0.2) is 0 Å². The molecule has 96 valence electrons.